The van der Waals surface area contributed by atoms with Gasteiger partial charge < -0.3 is 10.0 Å². The molecule has 19 heavy (non-hydrogen) atoms. The summed E-state index contributed by atoms with van der Waals surface area (Å²) in [5, 5.41) is 8.92. The van der Waals surface area contributed by atoms with Crippen molar-refractivity contribution >= 4 is 17.5 Å². The zero-order valence-corrected chi connectivity index (χ0v) is 11.8. The summed E-state index contributed by atoms with van der Waals surface area (Å²) in [6.45, 7) is 1.01. The van der Waals surface area contributed by atoms with Gasteiger partial charge in [-0.1, -0.05) is 12.1 Å². The predicted molar refractivity (Wildman–Crippen MR) is 76.4 cm³/mol. The van der Waals surface area contributed by atoms with E-state index in [9.17, 15) is 4.79 Å². The van der Waals surface area contributed by atoms with Crippen LogP contribution >= 0.6 is 11.6 Å². The van der Waals surface area contributed by atoms with Crippen molar-refractivity contribution in [1.82, 2.24) is 4.90 Å². The molecular formula is C15H20ClNO2. The Kier molecular flexibility index (Phi) is 5.23. The Bertz CT molecular complexity index is 436. The monoisotopic (exact) mass is 281 g/mol. The van der Waals surface area contributed by atoms with E-state index in [4.69, 9.17) is 16.7 Å². The molecule has 1 heterocycles. The number of amides is 1. The molecule has 1 unspecified atom stereocenters. The number of rotatable bonds is 5. The van der Waals surface area contributed by atoms with Gasteiger partial charge in [-0.15, -0.1) is 11.6 Å². The quantitative estimate of drug-likeness (QED) is 0.843. The van der Waals surface area contributed by atoms with Crippen molar-refractivity contribution < 1.29 is 9.90 Å². The number of aliphatic hydroxyl groups excluding tert-OH is 1. The molecule has 1 saturated heterocycles. The molecule has 1 aliphatic rings. The number of hydrogen-bond donors (Lipinski definition) is 1. The third-order valence-electron chi connectivity index (χ3n) is 3.66. The topological polar surface area (TPSA) is 40.5 Å². The van der Waals surface area contributed by atoms with Gasteiger partial charge in [-0.05, 0) is 43.4 Å². The number of aliphatic hydroxyl groups is 1. The standard InChI is InChI=1S/C15H20ClNO2/c16-11-12-4-1-5-13(10-12)15(19)17-8-2-6-14(17)7-3-9-18/h1,4-5,10,14,18H,2-3,6-9,11H2. The van der Waals surface area contributed by atoms with Gasteiger partial charge in [0.15, 0.2) is 0 Å². The molecule has 0 saturated carbocycles. The van der Waals surface area contributed by atoms with Crippen LogP contribution in [0, 0.1) is 0 Å². The number of halogens is 1. The molecule has 0 aliphatic carbocycles. The summed E-state index contributed by atoms with van der Waals surface area (Å²) in [5.41, 5.74) is 1.69. The summed E-state index contributed by atoms with van der Waals surface area (Å²) in [6.07, 6.45) is 3.74. The van der Waals surface area contributed by atoms with Gasteiger partial charge in [0.2, 0.25) is 0 Å². The SMILES string of the molecule is O=C(c1cccc(CCl)c1)N1CCCC1CCCO. The molecule has 2 rings (SSSR count). The number of hydrogen-bond acceptors (Lipinski definition) is 2. The molecule has 1 amide bonds. The number of carbonyl (C=O) groups excluding carboxylic acids is 1. The fourth-order valence-electron chi connectivity index (χ4n) is 2.68. The minimum absolute atomic E-state index is 0.0902. The minimum Gasteiger partial charge on any atom is -0.396 e. The van der Waals surface area contributed by atoms with E-state index >= 15 is 0 Å². The average Bonchev–Trinajstić information content (AvgIpc) is 2.92. The Labute approximate surface area is 119 Å². The Hall–Kier alpha value is -1.06. The van der Waals surface area contributed by atoms with E-state index in [-0.39, 0.29) is 18.6 Å². The van der Waals surface area contributed by atoms with E-state index in [1.165, 1.54) is 0 Å². The highest BCUT2D eigenvalue weighted by Crippen LogP contribution is 2.24. The minimum atomic E-state index is 0.0902. The van der Waals surface area contributed by atoms with Gasteiger partial charge in [0.1, 0.15) is 0 Å². The van der Waals surface area contributed by atoms with E-state index in [0.29, 0.717) is 11.4 Å². The lowest BCUT2D eigenvalue weighted by Crippen LogP contribution is -2.35. The van der Waals surface area contributed by atoms with E-state index in [2.05, 4.69) is 0 Å². The van der Waals surface area contributed by atoms with Crippen LogP contribution in [0.25, 0.3) is 0 Å². The smallest absolute Gasteiger partial charge is 0.254 e. The fourth-order valence-corrected chi connectivity index (χ4v) is 2.85. The van der Waals surface area contributed by atoms with Crippen LogP contribution in [0.1, 0.15) is 41.6 Å². The summed E-state index contributed by atoms with van der Waals surface area (Å²) in [7, 11) is 0. The first-order chi connectivity index (χ1) is 9.26. The molecule has 104 valence electrons. The summed E-state index contributed by atoms with van der Waals surface area (Å²) in [5.74, 6) is 0.516. The molecular weight excluding hydrogens is 262 g/mol. The van der Waals surface area contributed by atoms with Crippen molar-refractivity contribution in [3.05, 3.63) is 35.4 Å². The molecule has 0 bridgehead atoms. The number of alkyl halides is 1. The van der Waals surface area contributed by atoms with Crippen LogP contribution in [0.2, 0.25) is 0 Å². The van der Waals surface area contributed by atoms with Gasteiger partial charge in [0.25, 0.3) is 5.91 Å². The van der Waals surface area contributed by atoms with Crippen molar-refractivity contribution in [2.75, 3.05) is 13.2 Å². The van der Waals surface area contributed by atoms with E-state index in [1.807, 2.05) is 29.2 Å². The van der Waals surface area contributed by atoms with E-state index in [1.54, 1.807) is 0 Å². The fraction of sp³-hybridized carbons (Fsp3) is 0.533. The first-order valence-corrected chi connectivity index (χ1v) is 7.36. The first-order valence-electron chi connectivity index (χ1n) is 6.83. The van der Waals surface area contributed by atoms with Crippen molar-refractivity contribution in [2.45, 2.75) is 37.6 Å². The largest absolute Gasteiger partial charge is 0.396 e. The van der Waals surface area contributed by atoms with Crippen LogP contribution in [-0.2, 0) is 5.88 Å². The molecule has 1 fully saturated rings. The van der Waals surface area contributed by atoms with Crippen LogP contribution in [0.5, 0.6) is 0 Å². The van der Waals surface area contributed by atoms with Gasteiger partial charge >= 0.3 is 0 Å². The zero-order chi connectivity index (χ0) is 13.7. The van der Waals surface area contributed by atoms with Gasteiger partial charge in [0.05, 0.1) is 0 Å². The molecule has 4 heteroatoms. The maximum atomic E-state index is 12.5. The van der Waals surface area contributed by atoms with Crippen LogP contribution in [0.3, 0.4) is 0 Å². The second-order valence-corrected chi connectivity index (χ2v) is 5.26. The van der Waals surface area contributed by atoms with Crippen LogP contribution in [0.4, 0.5) is 0 Å². The highest BCUT2D eigenvalue weighted by atomic mass is 35.5. The van der Waals surface area contributed by atoms with Gasteiger partial charge in [0, 0.05) is 30.6 Å². The molecule has 1 aromatic rings. The van der Waals surface area contributed by atoms with Crippen LogP contribution in [0.15, 0.2) is 24.3 Å². The number of carbonyl (C=O) groups is 1. The van der Waals surface area contributed by atoms with E-state index < -0.39 is 0 Å². The van der Waals surface area contributed by atoms with Gasteiger partial charge in [-0.25, -0.2) is 0 Å². The van der Waals surface area contributed by atoms with Crippen molar-refractivity contribution in [3.63, 3.8) is 0 Å². The van der Waals surface area contributed by atoms with Gasteiger partial charge in [-0.3, -0.25) is 4.79 Å². The highest BCUT2D eigenvalue weighted by molar-refractivity contribution is 6.17. The van der Waals surface area contributed by atoms with Crippen molar-refractivity contribution in [1.29, 1.82) is 0 Å². The maximum absolute atomic E-state index is 12.5. The second kappa shape index (κ2) is 6.92. The first kappa shape index (κ1) is 14.4. The molecule has 1 N–H and O–H groups in total. The Balaban J connectivity index is 2.09. The lowest BCUT2D eigenvalue weighted by atomic mass is 10.1. The molecule has 1 aromatic carbocycles. The Morgan fingerprint density at radius 1 is 1.47 bits per heavy atom. The summed E-state index contributed by atoms with van der Waals surface area (Å²) < 4.78 is 0. The number of likely N-dealkylation sites (tertiary alicyclic amines) is 1. The predicted octanol–water partition coefficient (Wildman–Crippen LogP) is 2.80. The average molecular weight is 282 g/mol. The Morgan fingerprint density at radius 3 is 3.05 bits per heavy atom. The van der Waals surface area contributed by atoms with Crippen molar-refractivity contribution in [3.8, 4) is 0 Å². The summed E-state index contributed by atoms with van der Waals surface area (Å²) >= 11 is 5.81. The molecule has 0 aromatic heterocycles. The maximum Gasteiger partial charge on any atom is 0.254 e. The lowest BCUT2D eigenvalue weighted by Gasteiger charge is -2.24. The summed E-state index contributed by atoms with van der Waals surface area (Å²) in [6, 6.07) is 7.80. The van der Waals surface area contributed by atoms with Gasteiger partial charge in [-0.2, -0.15) is 0 Å². The van der Waals surface area contributed by atoms with E-state index in [0.717, 1.165) is 37.8 Å². The highest BCUT2D eigenvalue weighted by Gasteiger charge is 2.28. The zero-order valence-electron chi connectivity index (χ0n) is 11.0. The number of benzene rings is 1. The molecule has 3 nitrogen and oxygen atoms in total. The van der Waals surface area contributed by atoms with Crippen LogP contribution < -0.4 is 0 Å². The third kappa shape index (κ3) is 3.48. The molecule has 0 radical (unpaired) electrons. The van der Waals surface area contributed by atoms with Crippen LogP contribution in [-0.4, -0.2) is 35.1 Å². The summed E-state index contributed by atoms with van der Waals surface area (Å²) in [4.78, 5) is 14.5. The number of nitrogens with zero attached hydrogens (tertiary/aromatic N) is 1. The molecule has 1 aliphatic heterocycles. The Morgan fingerprint density at radius 2 is 2.32 bits per heavy atom. The lowest BCUT2D eigenvalue weighted by molar-refractivity contribution is 0.0724. The van der Waals surface area contributed by atoms with Crippen molar-refractivity contribution in [2.24, 2.45) is 0 Å². The third-order valence-corrected chi connectivity index (χ3v) is 3.97. The molecule has 0 spiro atoms. The molecule has 1 atom stereocenters. The second-order valence-electron chi connectivity index (χ2n) is 4.99. The normalized spacial score (nSPS) is 18.8.